The Morgan fingerprint density at radius 3 is 2.24 bits per heavy atom. The fourth-order valence-corrected chi connectivity index (χ4v) is 1.08. The first kappa shape index (κ1) is 15.6. The maximum atomic E-state index is 11.4. The highest BCUT2D eigenvalue weighted by atomic mass is 16.2. The van der Waals surface area contributed by atoms with Crippen molar-refractivity contribution in [2.24, 2.45) is 5.10 Å². The second-order valence-electron chi connectivity index (χ2n) is 5.10. The van der Waals surface area contributed by atoms with Crippen molar-refractivity contribution in [1.29, 1.82) is 0 Å². The molecule has 98 valence electrons. The van der Waals surface area contributed by atoms with Gasteiger partial charge in [0.2, 0.25) is 0 Å². The summed E-state index contributed by atoms with van der Waals surface area (Å²) in [6.07, 6.45) is 2.93. The number of hydrogen-bond acceptors (Lipinski definition) is 3. The zero-order valence-corrected chi connectivity index (χ0v) is 11.4. The molecular formula is C12H23N3O2. The summed E-state index contributed by atoms with van der Waals surface area (Å²) in [7, 11) is 0. The van der Waals surface area contributed by atoms with Crippen LogP contribution in [0.25, 0.3) is 0 Å². The van der Waals surface area contributed by atoms with E-state index in [0.717, 1.165) is 25.0 Å². The van der Waals surface area contributed by atoms with Gasteiger partial charge in [-0.2, -0.15) is 5.10 Å². The van der Waals surface area contributed by atoms with E-state index < -0.39 is 17.4 Å². The Kier molecular flexibility index (Phi) is 6.46. The first-order valence-electron chi connectivity index (χ1n) is 5.92. The van der Waals surface area contributed by atoms with Crippen LogP contribution in [0.15, 0.2) is 5.10 Å². The molecule has 2 N–H and O–H groups in total. The van der Waals surface area contributed by atoms with Crippen molar-refractivity contribution in [2.75, 3.05) is 0 Å². The largest absolute Gasteiger partial charge is 0.343 e. The van der Waals surface area contributed by atoms with Gasteiger partial charge in [-0.25, -0.2) is 5.43 Å². The van der Waals surface area contributed by atoms with E-state index in [1.54, 1.807) is 0 Å². The molecule has 0 aromatic heterocycles. The van der Waals surface area contributed by atoms with Gasteiger partial charge >= 0.3 is 11.8 Å². The molecule has 5 heteroatoms. The van der Waals surface area contributed by atoms with Crippen LogP contribution in [0.1, 0.15) is 53.9 Å². The average molecular weight is 241 g/mol. The lowest BCUT2D eigenvalue weighted by Gasteiger charge is -2.19. The normalized spacial score (nSPS) is 12.2. The topological polar surface area (TPSA) is 70.6 Å². The number of nitrogens with one attached hydrogen (secondary N) is 2. The molecule has 0 fully saturated rings. The van der Waals surface area contributed by atoms with Crippen LogP contribution < -0.4 is 10.7 Å². The van der Waals surface area contributed by atoms with Gasteiger partial charge < -0.3 is 5.32 Å². The maximum absolute atomic E-state index is 11.4. The van der Waals surface area contributed by atoms with Gasteiger partial charge in [0.05, 0.1) is 0 Å². The summed E-state index contributed by atoms with van der Waals surface area (Å²) in [6.45, 7) is 9.36. The minimum Gasteiger partial charge on any atom is -0.343 e. The molecule has 0 aliphatic heterocycles. The minimum absolute atomic E-state index is 0.421. The van der Waals surface area contributed by atoms with Crippen molar-refractivity contribution in [3.63, 3.8) is 0 Å². The van der Waals surface area contributed by atoms with E-state index in [9.17, 15) is 9.59 Å². The minimum atomic E-state index is -0.726. The monoisotopic (exact) mass is 241 g/mol. The smallest absolute Gasteiger partial charge is 0.329 e. The number of carbonyl (C=O) groups excluding carboxylic acids is 2. The second-order valence-corrected chi connectivity index (χ2v) is 5.10. The fourth-order valence-electron chi connectivity index (χ4n) is 1.08. The standard InChI is InChI=1S/C12H23N3O2/c1-6-7-8-9(2)14-15-11(17)10(16)13-12(3,4)5/h6-8H2,1-5H3,(H,13,16)(H,15,17)/b14-9-. The Balaban J connectivity index is 4.13. The molecule has 0 atom stereocenters. The van der Waals surface area contributed by atoms with E-state index in [0.29, 0.717) is 0 Å². The van der Waals surface area contributed by atoms with E-state index in [-0.39, 0.29) is 0 Å². The van der Waals surface area contributed by atoms with E-state index in [4.69, 9.17) is 0 Å². The van der Waals surface area contributed by atoms with Crippen LogP contribution in [-0.4, -0.2) is 23.1 Å². The summed E-state index contributed by atoms with van der Waals surface area (Å²) < 4.78 is 0. The molecule has 0 saturated carbocycles. The van der Waals surface area contributed by atoms with Gasteiger partial charge in [0.15, 0.2) is 0 Å². The number of rotatable bonds is 4. The Morgan fingerprint density at radius 1 is 1.18 bits per heavy atom. The molecule has 0 aliphatic rings. The third-order valence-corrected chi connectivity index (χ3v) is 1.94. The van der Waals surface area contributed by atoms with Crippen molar-refractivity contribution in [1.82, 2.24) is 10.7 Å². The molecule has 5 nitrogen and oxygen atoms in total. The molecule has 17 heavy (non-hydrogen) atoms. The van der Waals surface area contributed by atoms with E-state index >= 15 is 0 Å². The quantitative estimate of drug-likeness (QED) is 0.445. The number of carbonyl (C=O) groups is 2. The molecule has 0 aromatic rings. The maximum Gasteiger partial charge on any atom is 0.329 e. The van der Waals surface area contributed by atoms with Crippen molar-refractivity contribution in [2.45, 2.75) is 59.4 Å². The van der Waals surface area contributed by atoms with E-state index in [2.05, 4.69) is 22.8 Å². The SMILES string of the molecule is CCCC/C(C)=N\NC(=O)C(=O)NC(C)(C)C. The van der Waals surface area contributed by atoms with Crippen LogP contribution >= 0.6 is 0 Å². The van der Waals surface area contributed by atoms with Gasteiger partial charge in [-0.1, -0.05) is 13.3 Å². The number of amides is 2. The molecule has 0 bridgehead atoms. The van der Waals surface area contributed by atoms with Crippen LogP contribution in [0, 0.1) is 0 Å². The van der Waals surface area contributed by atoms with Gasteiger partial charge in [-0.05, 0) is 40.5 Å². The van der Waals surface area contributed by atoms with Gasteiger partial charge in [-0.15, -0.1) is 0 Å². The zero-order valence-electron chi connectivity index (χ0n) is 11.4. The average Bonchev–Trinajstić information content (AvgIpc) is 2.20. The zero-order chi connectivity index (χ0) is 13.5. The van der Waals surface area contributed by atoms with Crippen molar-refractivity contribution in [3.05, 3.63) is 0 Å². The third kappa shape index (κ3) is 8.42. The van der Waals surface area contributed by atoms with Crippen molar-refractivity contribution >= 4 is 17.5 Å². The van der Waals surface area contributed by atoms with Crippen molar-refractivity contribution in [3.8, 4) is 0 Å². The van der Waals surface area contributed by atoms with Crippen LogP contribution in [-0.2, 0) is 9.59 Å². The highest BCUT2D eigenvalue weighted by molar-refractivity contribution is 6.35. The fraction of sp³-hybridized carbons (Fsp3) is 0.750. The second kappa shape index (κ2) is 7.04. The Labute approximate surface area is 103 Å². The highest BCUT2D eigenvalue weighted by Crippen LogP contribution is 1.98. The third-order valence-electron chi connectivity index (χ3n) is 1.94. The summed E-state index contributed by atoms with van der Waals surface area (Å²) in [5, 5.41) is 6.43. The van der Waals surface area contributed by atoms with Gasteiger partial charge in [-0.3, -0.25) is 9.59 Å². The number of hydrogen-bond donors (Lipinski definition) is 2. The Morgan fingerprint density at radius 2 is 1.76 bits per heavy atom. The lowest BCUT2D eigenvalue weighted by atomic mass is 10.1. The molecule has 0 saturated heterocycles. The predicted molar refractivity (Wildman–Crippen MR) is 68.7 cm³/mol. The van der Waals surface area contributed by atoms with Crippen LogP contribution in [0.4, 0.5) is 0 Å². The van der Waals surface area contributed by atoms with Crippen LogP contribution in [0.2, 0.25) is 0 Å². The number of nitrogens with zero attached hydrogens (tertiary/aromatic N) is 1. The number of unbranched alkanes of at least 4 members (excludes halogenated alkanes) is 1. The summed E-state index contributed by atoms with van der Waals surface area (Å²) in [6, 6.07) is 0. The van der Waals surface area contributed by atoms with E-state index in [1.807, 2.05) is 27.7 Å². The molecule has 0 aliphatic carbocycles. The summed E-state index contributed by atoms with van der Waals surface area (Å²) >= 11 is 0. The molecule has 0 spiro atoms. The summed E-state index contributed by atoms with van der Waals surface area (Å²) in [5.74, 6) is -1.39. The van der Waals surface area contributed by atoms with Gasteiger partial charge in [0.1, 0.15) is 0 Å². The predicted octanol–water partition coefficient (Wildman–Crippen LogP) is 1.58. The highest BCUT2D eigenvalue weighted by Gasteiger charge is 2.19. The lowest BCUT2D eigenvalue weighted by Crippen LogP contribution is -2.47. The van der Waals surface area contributed by atoms with Gasteiger partial charge in [0, 0.05) is 11.3 Å². The molecule has 0 unspecified atom stereocenters. The summed E-state index contributed by atoms with van der Waals surface area (Å²) in [4.78, 5) is 22.8. The van der Waals surface area contributed by atoms with Crippen LogP contribution in [0.5, 0.6) is 0 Å². The Hall–Kier alpha value is -1.39. The first-order chi connectivity index (χ1) is 7.76. The summed E-state index contributed by atoms with van der Waals surface area (Å²) in [5.41, 5.74) is 2.65. The number of hydrazone groups is 1. The van der Waals surface area contributed by atoms with E-state index in [1.165, 1.54) is 0 Å². The molecule has 2 amide bonds. The van der Waals surface area contributed by atoms with Gasteiger partial charge in [0.25, 0.3) is 0 Å². The lowest BCUT2D eigenvalue weighted by molar-refractivity contribution is -0.140. The Bertz CT molecular complexity index is 303. The molecule has 0 rings (SSSR count). The molecular weight excluding hydrogens is 218 g/mol. The molecule has 0 radical (unpaired) electrons. The van der Waals surface area contributed by atoms with Crippen molar-refractivity contribution < 1.29 is 9.59 Å². The molecule has 0 heterocycles. The van der Waals surface area contributed by atoms with Crippen LogP contribution in [0.3, 0.4) is 0 Å². The first-order valence-corrected chi connectivity index (χ1v) is 5.92. The molecule has 0 aromatic carbocycles.